The van der Waals surface area contributed by atoms with E-state index in [0.717, 1.165) is 0 Å². The van der Waals surface area contributed by atoms with Gasteiger partial charge >= 0.3 is 5.97 Å². The summed E-state index contributed by atoms with van der Waals surface area (Å²) in [6.45, 7) is 6.31. The van der Waals surface area contributed by atoms with Gasteiger partial charge < -0.3 is 15.2 Å². The molecule has 1 unspecified atom stereocenters. The highest BCUT2D eigenvalue weighted by atomic mass is 16.5. The normalized spacial score (nSPS) is 12.3. The van der Waals surface area contributed by atoms with E-state index in [9.17, 15) is 4.79 Å². The Morgan fingerprint density at radius 1 is 1.53 bits per heavy atom. The van der Waals surface area contributed by atoms with E-state index in [1.807, 2.05) is 0 Å². The number of pyridine rings is 1. The van der Waals surface area contributed by atoms with Gasteiger partial charge in [-0.25, -0.2) is 9.78 Å². The first-order chi connectivity index (χ1) is 9.10. The molecule has 1 atom stereocenters. The van der Waals surface area contributed by atoms with E-state index in [-0.39, 0.29) is 18.6 Å². The average molecular weight is 266 g/mol. The molecule has 0 aliphatic rings. The molecule has 1 heterocycles. The molecule has 0 spiro atoms. The SMILES string of the molecule is CCOC(=O)c1cccnc1NC(CCO)C(C)C. The lowest BCUT2D eigenvalue weighted by atomic mass is 10.0. The Kier molecular flexibility index (Phi) is 6.29. The van der Waals surface area contributed by atoms with Crippen LogP contribution in [0.2, 0.25) is 0 Å². The lowest BCUT2D eigenvalue weighted by Gasteiger charge is -2.23. The van der Waals surface area contributed by atoms with Gasteiger partial charge in [0, 0.05) is 18.8 Å². The number of esters is 1. The number of nitrogens with zero attached hydrogens (tertiary/aromatic N) is 1. The van der Waals surface area contributed by atoms with E-state index < -0.39 is 0 Å². The second-order valence-electron chi connectivity index (χ2n) is 4.63. The van der Waals surface area contributed by atoms with Crippen LogP contribution in [-0.4, -0.2) is 35.3 Å². The number of rotatable bonds is 7. The minimum absolute atomic E-state index is 0.0630. The highest BCUT2D eigenvalue weighted by Gasteiger charge is 2.18. The van der Waals surface area contributed by atoms with Crippen LogP contribution in [0.25, 0.3) is 0 Å². The zero-order valence-corrected chi connectivity index (χ0v) is 11.7. The number of hydrogen-bond acceptors (Lipinski definition) is 5. The Bertz CT molecular complexity index is 407. The van der Waals surface area contributed by atoms with E-state index in [1.54, 1.807) is 25.3 Å². The molecule has 19 heavy (non-hydrogen) atoms. The Morgan fingerprint density at radius 2 is 2.26 bits per heavy atom. The molecule has 0 fully saturated rings. The van der Waals surface area contributed by atoms with Gasteiger partial charge in [-0.3, -0.25) is 0 Å². The van der Waals surface area contributed by atoms with E-state index in [1.165, 1.54) is 0 Å². The lowest BCUT2D eigenvalue weighted by Crippen LogP contribution is -2.28. The number of carbonyl (C=O) groups is 1. The zero-order valence-electron chi connectivity index (χ0n) is 11.7. The van der Waals surface area contributed by atoms with Crippen molar-refractivity contribution in [1.29, 1.82) is 0 Å². The number of aliphatic hydroxyl groups is 1. The van der Waals surface area contributed by atoms with E-state index in [4.69, 9.17) is 9.84 Å². The van der Waals surface area contributed by atoms with Crippen molar-refractivity contribution in [1.82, 2.24) is 4.98 Å². The summed E-state index contributed by atoms with van der Waals surface area (Å²) in [5.74, 6) is 0.446. The van der Waals surface area contributed by atoms with Crippen LogP contribution in [0.1, 0.15) is 37.6 Å². The van der Waals surface area contributed by atoms with Crippen LogP contribution in [0.4, 0.5) is 5.82 Å². The van der Waals surface area contributed by atoms with Gasteiger partial charge in [0.15, 0.2) is 0 Å². The van der Waals surface area contributed by atoms with Crippen molar-refractivity contribution in [2.45, 2.75) is 33.2 Å². The van der Waals surface area contributed by atoms with Gasteiger partial charge in [-0.1, -0.05) is 13.8 Å². The van der Waals surface area contributed by atoms with Crippen LogP contribution in [-0.2, 0) is 4.74 Å². The van der Waals surface area contributed by atoms with Gasteiger partial charge in [-0.05, 0) is 31.4 Å². The molecule has 0 saturated carbocycles. The first-order valence-corrected chi connectivity index (χ1v) is 6.59. The minimum Gasteiger partial charge on any atom is -0.462 e. The molecule has 0 amide bonds. The van der Waals surface area contributed by atoms with Gasteiger partial charge in [0.1, 0.15) is 11.4 Å². The van der Waals surface area contributed by atoms with Crippen LogP contribution < -0.4 is 5.32 Å². The largest absolute Gasteiger partial charge is 0.462 e. The van der Waals surface area contributed by atoms with E-state index in [0.29, 0.717) is 30.3 Å². The summed E-state index contributed by atoms with van der Waals surface area (Å²) in [7, 11) is 0. The summed E-state index contributed by atoms with van der Waals surface area (Å²) >= 11 is 0. The quantitative estimate of drug-likeness (QED) is 0.739. The van der Waals surface area contributed by atoms with Crippen molar-refractivity contribution < 1.29 is 14.6 Å². The zero-order chi connectivity index (χ0) is 14.3. The summed E-state index contributed by atoms with van der Waals surface area (Å²) in [4.78, 5) is 16.0. The molecule has 1 aromatic rings. The summed E-state index contributed by atoms with van der Waals surface area (Å²) in [6, 6.07) is 3.45. The van der Waals surface area contributed by atoms with Crippen LogP contribution in [0.5, 0.6) is 0 Å². The van der Waals surface area contributed by atoms with Gasteiger partial charge in [0.25, 0.3) is 0 Å². The van der Waals surface area contributed by atoms with Crippen molar-refractivity contribution in [3.63, 3.8) is 0 Å². The lowest BCUT2D eigenvalue weighted by molar-refractivity contribution is 0.0527. The molecule has 0 bridgehead atoms. The molecule has 106 valence electrons. The fraction of sp³-hybridized carbons (Fsp3) is 0.571. The summed E-state index contributed by atoms with van der Waals surface area (Å²) in [5, 5.41) is 12.3. The van der Waals surface area contributed by atoms with Gasteiger partial charge in [0.05, 0.1) is 6.61 Å². The first-order valence-electron chi connectivity index (χ1n) is 6.59. The van der Waals surface area contributed by atoms with Gasteiger partial charge in [-0.15, -0.1) is 0 Å². The Morgan fingerprint density at radius 3 is 2.84 bits per heavy atom. The van der Waals surface area contributed by atoms with Crippen LogP contribution >= 0.6 is 0 Å². The molecule has 5 heteroatoms. The fourth-order valence-corrected chi connectivity index (χ4v) is 1.78. The molecule has 0 saturated heterocycles. The topological polar surface area (TPSA) is 71.5 Å². The standard InChI is InChI=1S/C14H22N2O3/c1-4-19-14(18)11-6-5-8-15-13(11)16-12(7-9-17)10(2)3/h5-6,8,10,12,17H,4,7,9H2,1-3H3,(H,15,16). The van der Waals surface area contributed by atoms with Crippen LogP contribution in [0.15, 0.2) is 18.3 Å². The van der Waals surface area contributed by atoms with E-state index in [2.05, 4.69) is 24.1 Å². The van der Waals surface area contributed by atoms with Crippen LogP contribution in [0, 0.1) is 5.92 Å². The predicted molar refractivity (Wildman–Crippen MR) is 74.1 cm³/mol. The third-order valence-electron chi connectivity index (χ3n) is 2.87. The number of anilines is 1. The number of aromatic nitrogens is 1. The summed E-state index contributed by atoms with van der Waals surface area (Å²) in [6.07, 6.45) is 2.23. The number of ether oxygens (including phenoxy) is 1. The maximum atomic E-state index is 11.8. The average Bonchev–Trinajstić information content (AvgIpc) is 2.39. The third-order valence-corrected chi connectivity index (χ3v) is 2.87. The van der Waals surface area contributed by atoms with Gasteiger partial charge in [0.2, 0.25) is 0 Å². The first kappa shape index (κ1) is 15.4. The number of nitrogens with one attached hydrogen (secondary N) is 1. The Balaban J connectivity index is 2.90. The molecule has 5 nitrogen and oxygen atoms in total. The third kappa shape index (κ3) is 4.52. The molecule has 0 aliphatic heterocycles. The van der Waals surface area contributed by atoms with Crippen molar-refractivity contribution >= 4 is 11.8 Å². The summed E-state index contributed by atoms with van der Waals surface area (Å²) in [5.41, 5.74) is 0.424. The second kappa shape index (κ2) is 7.74. The molecule has 2 N–H and O–H groups in total. The van der Waals surface area contributed by atoms with Gasteiger partial charge in [-0.2, -0.15) is 0 Å². The molecule has 1 aromatic heterocycles. The highest BCUT2D eigenvalue weighted by molar-refractivity contribution is 5.94. The highest BCUT2D eigenvalue weighted by Crippen LogP contribution is 2.18. The summed E-state index contributed by atoms with van der Waals surface area (Å²) < 4.78 is 5.00. The molecule has 1 rings (SSSR count). The minimum atomic E-state index is -0.385. The van der Waals surface area contributed by atoms with Crippen molar-refractivity contribution in [2.75, 3.05) is 18.5 Å². The smallest absolute Gasteiger partial charge is 0.341 e. The molecule has 0 radical (unpaired) electrons. The number of aliphatic hydroxyl groups excluding tert-OH is 1. The number of carbonyl (C=O) groups excluding carboxylic acids is 1. The van der Waals surface area contributed by atoms with Crippen molar-refractivity contribution in [2.24, 2.45) is 5.92 Å². The fourth-order valence-electron chi connectivity index (χ4n) is 1.78. The van der Waals surface area contributed by atoms with Crippen molar-refractivity contribution in [3.8, 4) is 0 Å². The molecule has 0 aliphatic carbocycles. The molecule has 0 aromatic carbocycles. The monoisotopic (exact) mass is 266 g/mol. The Labute approximate surface area is 114 Å². The Hall–Kier alpha value is -1.62. The molecular weight excluding hydrogens is 244 g/mol. The maximum absolute atomic E-state index is 11.8. The number of hydrogen-bond donors (Lipinski definition) is 2. The van der Waals surface area contributed by atoms with Crippen molar-refractivity contribution in [3.05, 3.63) is 23.9 Å². The van der Waals surface area contributed by atoms with Crippen LogP contribution in [0.3, 0.4) is 0 Å². The predicted octanol–water partition coefficient (Wildman–Crippen LogP) is 2.08. The molecular formula is C14H22N2O3. The second-order valence-corrected chi connectivity index (χ2v) is 4.63. The van der Waals surface area contributed by atoms with E-state index >= 15 is 0 Å². The maximum Gasteiger partial charge on any atom is 0.341 e.